The summed E-state index contributed by atoms with van der Waals surface area (Å²) >= 11 is 0. The number of fused-ring (bicyclic) bond motifs is 1. The summed E-state index contributed by atoms with van der Waals surface area (Å²) < 4.78 is 16.0. The van der Waals surface area contributed by atoms with E-state index in [0.717, 1.165) is 11.1 Å². The van der Waals surface area contributed by atoms with Gasteiger partial charge in [0, 0.05) is 17.2 Å². The minimum Gasteiger partial charge on any atom is -0.497 e. The summed E-state index contributed by atoms with van der Waals surface area (Å²) in [5.74, 6) is 2.49. The Morgan fingerprint density at radius 1 is 1.35 bits per heavy atom. The van der Waals surface area contributed by atoms with Crippen LogP contribution >= 0.6 is 0 Å². The smallest absolute Gasteiger partial charge is 0.231 e. The van der Waals surface area contributed by atoms with Crippen LogP contribution in [0, 0.1) is 0 Å². The van der Waals surface area contributed by atoms with Gasteiger partial charge in [0.1, 0.15) is 11.6 Å². The Kier molecular flexibility index (Phi) is 2.07. The summed E-state index contributed by atoms with van der Waals surface area (Å²) in [5.41, 5.74) is 7.38. The lowest BCUT2D eigenvalue weighted by Crippen LogP contribution is -1.94. The molecular weight excluding hydrogens is 222 g/mol. The van der Waals surface area contributed by atoms with Gasteiger partial charge in [0.15, 0.2) is 11.5 Å². The molecule has 0 bridgehead atoms. The summed E-state index contributed by atoms with van der Waals surface area (Å²) in [7, 11) is 1.60. The van der Waals surface area contributed by atoms with E-state index in [0.29, 0.717) is 23.1 Å². The lowest BCUT2D eigenvalue weighted by Gasteiger charge is -2.07. The Balaban J connectivity index is 2.22. The van der Waals surface area contributed by atoms with Crippen LogP contribution in [0.3, 0.4) is 0 Å². The van der Waals surface area contributed by atoms with Crippen molar-refractivity contribution in [2.24, 2.45) is 0 Å². The Hall–Kier alpha value is -2.37. The van der Waals surface area contributed by atoms with Crippen LogP contribution in [0.2, 0.25) is 0 Å². The molecule has 0 saturated heterocycles. The highest BCUT2D eigenvalue weighted by atomic mass is 16.7. The van der Waals surface area contributed by atoms with Gasteiger partial charge in [-0.15, -0.1) is 0 Å². The number of aromatic amines is 1. The maximum atomic E-state index is 5.80. The molecule has 3 rings (SSSR count). The first-order valence-corrected chi connectivity index (χ1v) is 5.06. The van der Waals surface area contributed by atoms with Crippen LogP contribution in [0.1, 0.15) is 0 Å². The van der Waals surface area contributed by atoms with Gasteiger partial charge in [-0.1, -0.05) is 0 Å². The monoisotopic (exact) mass is 233 g/mol. The molecule has 0 fully saturated rings. The summed E-state index contributed by atoms with van der Waals surface area (Å²) in [4.78, 5) is 0. The zero-order valence-electron chi connectivity index (χ0n) is 9.19. The van der Waals surface area contributed by atoms with E-state index < -0.39 is 0 Å². The number of rotatable bonds is 2. The fraction of sp³-hybridized carbons (Fsp3) is 0.182. The average Bonchev–Trinajstić information content (AvgIpc) is 2.95. The fourth-order valence-electron chi connectivity index (χ4n) is 1.81. The van der Waals surface area contributed by atoms with Crippen LogP contribution in [0.15, 0.2) is 18.3 Å². The Morgan fingerprint density at radius 3 is 2.94 bits per heavy atom. The maximum Gasteiger partial charge on any atom is 0.231 e. The van der Waals surface area contributed by atoms with E-state index >= 15 is 0 Å². The SMILES string of the molecule is COc1cc2c(c(-c3cn[nH]c3N)c1)OCO2. The zero-order valence-corrected chi connectivity index (χ0v) is 9.19. The third kappa shape index (κ3) is 1.45. The van der Waals surface area contributed by atoms with E-state index in [2.05, 4.69) is 10.2 Å². The minimum absolute atomic E-state index is 0.202. The number of nitrogen functional groups attached to an aromatic ring is 1. The second-order valence-corrected chi connectivity index (χ2v) is 3.61. The molecule has 6 heteroatoms. The number of nitrogens with one attached hydrogen (secondary N) is 1. The molecule has 2 aromatic rings. The number of methoxy groups -OCH3 is 1. The number of hydrogen-bond acceptors (Lipinski definition) is 5. The Morgan fingerprint density at radius 2 is 2.24 bits per heavy atom. The van der Waals surface area contributed by atoms with E-state index in [-0.39, 0.29) is 6.79 Å². The number of aromatic nitrogens is 2. The van der Waals surface area contributed by atoms with Gasteiger partial charge in [-0.2, -0.15) is 5.10 Å². The highest BCUT2D eigenvalue weighted by Crippen LogP contribution is 2.45. The number of H-pyrrole nitrogens is 1. The third-order valence-corrected chi connectivity index (χ3v) is 2.64. The van der Waals surface area contributed by atoms with Crippen molar-refractivity contribution < 1.29 is 14.2 Å². The van der Waals surface area contributed by atoms with Crippen LogP contribution < -0.4 is 19.9 Å². The normalized spacial score (nSPS) is 12.8. The predicted octanol–water partition coefficient (Wildman–Crippen LogP) is 1.40. The second kappa shape index (κ2) is 3.58. The van der Waals surface area contributed by atoms with Crippen LogP contribution in [0.25, 0.3) is 11.1 Å². The molecule has 6 nitrogen and oxygen atoms in total. The molecule has 0 unspecified atom stereocenters. The summed E-state index contributed by atoms with van der Waals surface area (Å²) in [6.45, 7) is 0.202. The first kappa shape index (κ1) is 9.83. The molecule has 17 heavy (non-hydrogen) atoms. The molecule has 1 aliphatic heterocycles. The molecule has 0 amide bonds. The van der Waals surface area contributed by atoms with E-state index in [4.69, 9.17) is 19.9 Å². The molecule has 3 N–H and O–H groups in total. The third-order valence-electron chi connectivity index (χ3n) is 2.64. The van der Waals surface area contributed by atoms with E-state index in [1.54, 1.807) is 19.4 Å². The molecule has 0 spiro atoms. The number of ether oxygens (including phenoxy) is 3. The van der Waals surface area contributed by atoms with Crippen LogP contribution in [-0.2, 0) is 0 Å². The molecule has 88 valence electrons. The molecule has 0 saturated carbocycles. The van der Waals surface area contributed by atoms with Crippen molar-refractivity contribution in [3.63, 3.8) is 0 Å². The van der Waals surface area contributed by atoms with Gasteiger partial charge in [-0.05, 0) is 6.07 Å². The molecule has 1 aliphatic rings. The molecular formula is C11H11N3O3. The summed E-state index contributed by atoms with van der Waals surface area (Å²) in [5, 5.41) is 6.58. The lowest BCUT2D eigenvalue weighted by molar-refractivity contribution is 0.174. The summed E-state index contributed by atoms with van der Waals surface area (Å²) in [6.07, 6.45) is 1.64. The molecule has 0 radical (unpaired) electrons. The molecule has 1 aromatic carbocycles. The van der Waals surface area contributed by atoms with Crippen molar-refractivity contribution in [1.82, 2.24) is 10.2 Å². The molecule has 2 heterocycles. The van der Waals surface area contributed by atoms with Crippen molar-refractivity contribution >= 4 is 5.82 Å². The molecule has 1 aromatic heterocycles. The Bertz CT molecular complexity index is 565. The minimum atomic E-state index is 0.202. The molecule has 0 aliphatic carbocycles. The van der Waals surface area contributed by atoms with Crippen molar-refractivity contribution in [3.05, 3.63) is 18.3 Å². The van der Waals surface area contributed by atoms with Gasteiger partial charge in [-0.3, -0.25) is 5.10 Å². The standard InChI is InChI=1S/C11H11N3O3/c1-15-6-2-7(8-4-13-14-11(8)12)10-9(3-6)16-5-17-10/h2-4H,5H2,1H3,(H3,12,13,14). The maximum absolute atomic E-state index is 5.80. The van der Waals surface area contributed by atoms with Crippen molar-refractivity contribution in [3.8, 4) is 28.4 Å². The van der Waals surface area contributed by atoms with Gasteiger partial charge in [0.05, 0.1) is 13.3 Å². The fourth-order valence-corrected chi connectivity index (χ4v) is 1.81. The number of nitrogens with zero attached hydrogens (tertiary/aromatic N) is 1. The van der Waals surface area contributed by atoms with Crippen molar-refractivity contribution in [2.45, 2.75) is 0 Å². The number of nitrogens with two attached hydrogens (primary N) is 1. The topological polar surface area (TPSA) is 82.4 Å². The highest BCUT2D eigenvalue weighted by molar-refractivity contribution is 5.81. The first-order valence-electron chi connectivity index (χ1n) is 5.06. The van der Waals surface area contributed by atoms with Crippen molar-refractivity contribution in [1.29, 1.82) is 0 Å². The average molecular weight is 233 g/mol. The van der Waals surface area contributed by atoms with E-state index in [1.165, 1.54) is 0 Å². The van der Waals surface area contributed by atoms with E-state index in [1.807, 2.05) is 6.07 Å². The number of anilines is 1. The van der Waals surface area contributed by atoms with Gasteiger partial charge >= 0.3 is 0 Å². The molecule has 0 atom stereocenters. The van der Waals surface area contributed by atoms with Gasteiger partial charge in [0.25, 0.3) is 0 Å². The van der Waals surface area contributed by atoms with Gasteiger partial charge in [-0.25, -0.2) is 0 Å². The quantitative estimate of drug-likeness (QED) is 0.819. The zero-order chi connectivity index (χ0) is 11.8. The predicted molar refractivity (Wildman–Crippen MR) is 61.1 cm³/mol. The van der Waals surface area contributed by atoms with E-state index in [9.17, 15) is 0 Å². The number of hydrogen-bond donors (Lipinski definition) is 2. The largest absolute Gasteiger partial charge is 0.497 e. The van der Waals surface area contributed by atoms with Crippen LogP contribution in [0.4, 0.5) is 5.82 Å². The first-order chi connectivity index (χ1) is 8.29. The van der Waals surface area contributed by atoms with Crippen LogP contribution in [0.5, 0.6) is 17.2 Å². The summed E-state index contributed by atoms with van der Waals surface area (Å²) in [6, 6.07) is 3.62. The van der Waals surface area contributed by atoms with Gasteiger partial charge in [0.2, 0.25) is 6.79 Å². The number of benzene rings is 1. The van der Waals surface area contributed by atoms with Gasteiger partial charge < -0.3 is 19.9 Å². The Labute approximate surface area is 97.3 Å². The highest BCUT2D eigenvalue weighted by Gasteiger charge is 2.22. The van der Waals surface area contributed by atoms with Crippen LogP contribution in [-0.4, -0.2) is 24.1 Å². The lowest BCUT2D eigenvalue weighted by atomic mass is 10.1. The van der Waals surface area contributed by atoms with Crippen molar-refractivity contribution in [2.75, 3.05) is 19.6 Å². The second-order valence-electron chi connectivity index (χ2n) is 3.61.